The van der Waals surface area contributed by atoms with Gasteiger partial charge in [-0.15, -0.1) is 36.2 Å². The fourth-order valence-electron chi connectivity index (χ4n) is 3.45. The third-order valence-corrected chi connectivity index (χ3v) is 6.18. The molecule has 4 rings (SSSR count). The highest BCUT2D eigenvalue weighted by molar-refractivity contribution is 7.18. The average Bonchev–Trinajstić information content (AvgIpc) is 3.10. The zero-order chi connectivity index (χ0) is 15.1. The van der Waals surface area contributed by atoms with Crippen LogP contribution < -0.4 is 5.32 Å². The van der Waals surface area contributed by atoms with E-state index in [0.29, 0.717) is 11.8 Å². The molecule has 24 heavy (non-hydrogen) atoms. The van der Waals surface area contributed by atoms with Crippen LogP contribution in [0.25, 0.3) is 10.2 Å². The van der Waals surface area contributed by atoms with E-state index in [1.807, 2.05) is 12.1 Å². The minimum atomic E-state index is 0. The molecule has 0 spiro atoms. The summed E-state index contributed by atoms with van der Waals surface area (Å²) < 4.78 is 1.22. The lowest BCUT2D eigenvalue weighted by atomic mass is 9.88. The van der Waals surface area contributed by atoms with Gasteiger partial charge in [-0.1, -0.05) is 19.1 Å². The molecule has 0 radical (unpaired) electrons. The van der Waals surface area contributed by atoms with Crippen LogP contribution in [0.2, 0.25) is 0 Å². The van der Waals surface area contributed by atoms with Gasteiger partial charge in [-0.2, -0.15) is 0 Å². The molecule has 0 aliphatic carbocycles. The van der Waals surface area contributed by atoms with E-state index in [1.54, 1.807) is 11.3 Å². The molecule has 2 aliphatic rings. The second-order valence-electron chi connectivity index (χ2n) is 6.42. The molecule has 2 aromatic rings. The summed E-state index contributed by atoms with van der Waals surface area (Å²) >= 11 is 1.74. The smallest absolute Gasteiger partial charge is 0.226 e. The third-order valence-electron chi connectivity index (χ3n) is 5.04. The Kier molecular flexibility index (Phi) is 6.48. The van der Waals surface area contributed by atoms with Gasteiger partial charge in [0.05, 0.1) is 16.3 Å². The van der Waals surface area contributed by atoms with Crippen LogP contribution in [0, 0.1) is 11.8 Å². The number of hydrogen-bond donors (Lipinski definition) is 1. The lowest BCUT2D eigenvalue weighted by Crippen LogP contribution is -2.50. The van der Waals surface area contributed by atoms with Crippen molar-refractivity contribution >= 4 is 52.3 Å². The topological polar surface area (TPSA) is 45.2 Å². The number of carbonyl (C=O) groups is 1. The van der Waals surface area contributed by atoms with Gasteiger partial charge in [0.15, 0.2) is 0 Å². The molecule has 1 aromatic carbocycles. The van der Waals surface area contributed by atoms with Gasteiger partial charge < -0.3 is 10.2 Å². The summed E-state index contributed by atoms with van der Waals surface area (Å²) in [6.07, 6.45) is 2.13. The summed E-state index contributed by atoms with van der Waals surface area (Å²) in [5.74, 6) is 0.939. The van der Waals surface area contributed by atoms with Crippen LogP contribution in [-0.2, 0) is 4.79 Å². The van der Waals surface area contributed by atoms with Gasteiger partial charge in [-0.25, -0.2) is 4.98 Å². The van der Waals surface area contributed by atoms with E-state index in [4.69, 9.17) is 4.98 Å². The van der Waals surface area contributed by atoms with Crippen LogP contribution >= 0.6 is 36.2 Å². The van der Waals surface area contributed by atoms with E-state index in [0.717, 1.165) is 43.0 Å². The third kappa shape index (κ3) is 3.40. The van der Waals surface area contributed by atoms with E-state index >= 15 is 0 Å². The van der Waals surface area contributed by atoms with Gasteiger partial charge in [0, 0.05) is 12.5 Å². The monoisotopic (exact) mass is 387 g/mol. The summed E-state index contributed by atoms with van der Waals surface area (Å²) in [4.78, 5) is 19.7. The lowest BCUT2D eigenvalue weighted by molar-refractivity contribution is -0.138. The van der Waals surface area contributed by atoms with Gasteiger partial charge >= 0.3 is 0 Å². The number of halogens is 2. The van der Waals surface area contributed by atoms with Crippen molar-refractivity contribution < 1.29 is 4.79 Å². The van der Waals surface area contributed by atoms with Crippen molar-refractivity contribution in [3.63, 3.8) is 0 Å². The Bertz CT molecular complexity index is 671. The van der Waals surface area contributed by atoms with Gasteiger partial charge in [0.25, 0.3) is 0 Å². The minimum Gasteiger partial charge on any atom is -0.333 e. The van der Waals surface area contributed by atoms with Crippen LogP contribution in [0.4, 0.5) is 0 Å². The number of amides is 1. The standard InChI is InChI=1S/C17H21N3OS.2ClH/c1-11(12-9-18-10-12)17(21)20-8-4-6-14(20)16-19-13-5-2-3-7-15(13)22-16;;/h2-3,5,7,11-12,14,18H,4,6,8-10H2,1H3;2*1H. The fraction of sp³-hybridized carbons (Fsp3) is 0.529. The van der Waals surface area contributed by atoms with E-state index in [1.165, 1.54) is 4.70 Å². The Morgan fingerprint density at radius 1 is 1.33 bits per heavy atom. The second-order valence-corrected chi connectivity index (χ2v) is 7.48. The van der Waals surface area contributed by atoms with Crippen LogP contribution in [0.15, 0.2) is 24.3 Å². The number of rotatable bonds is 3. The molecule has 1 amide bonds. The lowest BCUT2D eigenvalue weighted by Gasteiger charge is -2.35. The Balaban J connectivity index is 0.00000104. The summed E-state index contributed by atoms with van der Waals surface area (Å²) in [5, 5.41) is 4.37. The number of para-hydroxylation sites is 1. The Morgan fingerprint density at radius 2 is 2.08 bits per heavy atom. The van der Waals surface area contributed by atoms with Crippen molar-refractivity contribution in [2.45, 2.75) is 25.8 Å². The number of nitrogens with zero attached hydrogens (tertiary/aromatic N) is 2. The summed E-state index contributed by atoms with van der Waals surface area (Å²) in [6.45, 7) is 4.92. The van der Waals surface area contributed by atoms with E-state index in [9.17, 15) is 4.79 Å². The molecule has 2 fully saturated rings. The maximum Gasteiger partial charge on any atom is 0.226 e. The van der Waals surface area contributed by atoms with Crippen molar-refractivity contribution in [1.82, 2.24) is 15.2 Å². The second kappa shape index (κ2) is 8.00. The highest BCUT2D eigenvalue weighted by atomic mass is 35.5. The highest BCUT2D eigenvalue weighted by Gasteiger charge is 2.38. The van der Waals surface area contributed by atoms with Gasteiger partial charge in [0.1, 0.15) is 5.01 Å². The Morgan fingerprint density at radius 3 is 2.75 bits per heavy atom. The fourth-order valence-corrected chi connectivity index (χ4v) is 4.56. The number of thiazole rings is 1. The molecule has 0 saturated carbocycles. The quantitative estimate of drug-likeness (QED) is 0.873. The van der Waals surface area contributed by atoms with Gasteiger partial charge in [0.2, 0.25) is 5.91 Å². The van der Waals surface area contributed by atoms with Crippen LogP contribution in [-0.4, -0.2) is 35.4 Å². The van der Waals surface area contributed by atoms with Gasteiger partial charge in [-0.05, 0) is 44.0 Å². The van der Waals surface area contributed by atoms with Gasteiger partial charge in [-0.3, -0.25) is 4.79 Å². The van der Waals surface area contributed by atoms with Crippen LogP contribution in [0.1, 0.15) is 30.8 Å². The van der Waals surface area contributed by atoms with Crippen LogP contribution in [0.3, 0.4) is 0 Å². The molecule has 2 aliphatic heterocycles. The maximum absolute atomic E-state index is 12.9. The first-order valence-electron chi connectivity index (χ1n) is 8.10. The molecular weight excluding hydrogens is 365 g/mol. The van der Waals surface area contributed by atoms with Crippen molar-refractivity contribution in [3.05, 3.63) is 29.3 Å². The number of likely N-dealkylation sites (tertiary alicyclic amines) is 1. The zero-order valence-corrected chi connectivity index (χ0v) is 16.1. The summed E-state index contributed by atoms with van der Waals surface area (Å²) in [6, 6.07) is 8.42. The van der Waals surface area contributed by atoms with Crippen molar-refractivity contribution in [3.8, 4) is 0 Å². The normalized spacial score (nSPS) is 21.7. The highest BCUT2D eigenvalue weighted by Crippen LogP contribution is 2.37. The first-order valence-corrected chi connectivity index (χ1v) is 8.92. The molecule has 2 unspecified atom stereocenters. The van der Waals surface area contributed by atoms with Crippen molar-refractivity contribution in [2.24, 2.45) is 11.8 Å². The molecule has 2 saturated heterocycles. The Labute approximate surface area is 158 Å². The maximum atomic E-state index is 12.9. The Hall–Kier alpha value is -0.880. The molecular formula is C17H23Cl2N3OS. The van der Waals surface area contributed by atoms with Crippen molar-refractivity contribution in [1.29, 1.82) is 0 Å². The van der Waals surface area contributed by atoms with Crippen molar-refractivity contribution in [2.75, 3.05) is 19.6 Å². The number of carbonyl (C=O) groups excluding carboxylic acids is 1. The van der Waals surface area contributed by atoms with E-state index < -0.39 is 0 Å². The first-order chi connectivity index (χ1) is 10.7. The zero-order valence-electron chi connectivity index (χ0n) is 13.6. The molecule has 1 N–H and O–H groups in total. The number of fused-ring (bicyclic) bond motifs is 1. The van der Waals surface area contributed by atoms with E-state index in [-0.39, 0.29) is 36.8 Å². The number of aromatic nitrogens is 1. The van der Waals surface area contributed by atoms with E-state index in [2.05, 4.69) is 29.3 Å². The average molecular weight is 388 g/mol. The summed E-state index contributed by atoms with van der Waals surface area (Å²) in [7, 11) is 0. The molecule has 3 heterocycles. The molecule has 7 heteroatoms. The number of benzene rings is 1. The first kappa shape index (κ1) is 19.4. The SMILES string of the molecule is CC(C(=O)N1CCCC1c1nc2ccccc2s1)C1CNC1.Cl.Cl. The summed E-state index contributed by atoms with van der Waals surface area (Å²) in [5.41, 5.74) is 1.05. The molecule has 1 aromatic heterocycles. The molecule has 4 nitrogen and oxygen atoms in total. The molecule has 132 valence electrons. The molecule has 0 bridgehead atoms. The minimum absolute atomic E-state index is 0. The number of nitrogens with one attached hydrogen (secondary N) is 1. The largest absolute Gasteiger partial charge is 0.333 e. The van der Waals surface area contributed by atoms with Crippen LogP contribution in [0.5, 0.6) is 0 Å². The molecule has 2 atom stereocenters. The number of hydrogen-bond acceptors (Lipinski definition) is 4. The predicted molar refractivity (Wildman–Crippen MR) is 103 cm³/mol. The predicted octanol–water partition coefficient (Wildman–Crippen LogP) is 3.66.